The van der Waals surface area contributed by atoms with Crippen LogP contribution in [0, 0.1) is 11.3 Å². The molecular weight excluding hydrogens is 252 g/mol. The fraction of sp³-hybridized carbons (Fsp3) is 0.188. The molecule has 4 nitrogen and oxygen atoms in total. The molecule has 100 valence electrons. The molecule has 1 heterocycles. The summed E-state index contributed by atoms with van der Waals surface area (Å²) in [5.41, 5.74) is 1.59. The van der Waals surface area contributed by atoms with Gasteiger partial charge in [-0.15, -0.1) is 0 Å². The lowest BCUT2D eigenvalue weighted by Crippen LogP contribution is -2.14. The highest BCUT2D eigenvalue weighted by molar-refractivity contribution is 5.68. The first-order valence-electron chi connectivity index (χ1n) is 6.28. The van der Waals surface area contributed by atoms with Gasteiger partial charge in [0, 0.05) is 18.3 Å². The van der Waals surface area contributed by atoms with E-state index >= 15 is 0 Å². The van der Waals surface area contributed by atoms with Gasteiger partial charge < -0.3 is 5.11 Å². The molecule has 1 N–H and O–H groups in total. The highest BCUT2D eigenvalue weighted by Gasteiger charge is 2.27. The number of carboxylic acids is 1. The van der Waals surface area contributed by atoms with E-state index in [1.807, 2.05) is 30.3 Å². The van der Waals surface area contributed by atoms with Crippen LogP contribution in [0.3, 0.4) is 0 Å². The molecule has 0 aliphatic rings. The van der Waals surface area contributed by atoms with Gasteiger partial charge in [-0.25, -0.2) is 0 Å². The summed E-state index contributed by atoms with van der Waals surface area (Å²) in [6.45, 7) is 0. The van der Waals surface area contributed by atoms with Crippen molar-refractivity contribution < 1.29 is 9.90 Å². The first-order valence-corrected chi connectivity index (χ1v) is 6.28. The van der Waals surface area contributed by atoms with Gasteiger partial charge in [-0.3, -0.25) is 9.78 Å². The SMILES string of the molecule is N#CC(c1cccnc1)C(CC(=O)O)c1ccccc1. The van der Waals surface area contributed by atoms with Crippen LogP contribution in [-0.4, -0.2) is 16.1 Å². The Morgan fingerprint density at radius 1 is 1.20 bits per heavy atom. The van der Waals surface area contributed by atoms with Gasteiger partial charge in [-0.1, -0.05) is 36.4 Å². The predicted molar refractivity (Wildman–Crippen MR) is 74.0 cm³/mol. The number of nitrogens with zero attached hydrogens (tertiary/aromatic N) is 2. The van der Waals surface area contributed by atoms with Crippen molar-refractivity contribution >= 4 is 5.97 Å². The summed E-state index contributed by atoms with van der Waals surface area (Å²) >= 11 is 0. The molecule has 0 aliphatic heterocycles. The van der Waals surface area contributed by atoms with Crippen molar-refractivity contribution in [1.29, 1.82) is 5.26 Å². The topological polar surface area (TPSA) is 74.0 Å². The van der Waals surface area contributed by atoms with Crippen molar-refractivity contribution in [3.05, 3.63) is 66.0 Å². The normalized spacial score (nSPS) is 13.2. The monoisotopic (exact) mass is 266 g/mol. The number of carboxylic acid groups (broad SMARTS) is 1. The van der Waals surface area contributed by atoms with E-state index in [-0.39, 0.29) is 12.3 Å². The number of aromatic nitrogens is 1. The molecule has 0 spiro atoms. The van der Waals surface area contributed by atoms with Crippen molar-refractivity contribution in [2.75, 3.05) is 0 Å². The second-order valence-corrected chi connectivity index (χ2v) is 4.51. The smallest absolute Gasteiger partial charge is 0.304 e. The van der Waals surface area contributed by atoms with E-state index in [2.05, 4.69) is 11.1 Å². The number of hydrogen-bond donors (Lipinski definition) is 1. The number of pyridine rings is 1. The number of hydrogen-bond acceptors (Lipinski definition) is 3. The molecule has 0 aliphatic carbocycles. The molecule has 2 rings (SSSR count). The molecule has 20 heavy (non-hydrogen) atoms. The first-order chi connectivity index (χ1) is 9.72. The average molecular weight is 266 g/mol. The zero-order valence-electron chi connectivity index (χ0n) is 10.8. The molecule has 0 bridgehead atoms. The second-order valence-electron chi connectivity index (χ2n) is 4.51. The van der Waals surface area contributed by atoms with Crippen LogP contribution in [0.2, 0.25) is 0 Å². The Labute approximate surface area is 117 Å². The van der Waals surface area contributed by atoms with Gasteiger partial charge in [0.1, 0.15) is 0 Å². The maximum Gasteiger partial charge on any atom is 0.304 e. The highest BCUT2D eigenvalue weighted by atomic mass is 16.4. The minimum Gasteiger partial charge on any atom is -0.481 e. The van der Waals surface area contributed by atoms with Gasteiger partial charge in [-0.05, 0) is 17.2 Å². The van der Waals surface area contributed by atoms with E-state index < -0.39 is 11.9 Å². The molecule has 4 heteroatoms. The standard InChI is InChI=1S/C16H14N2O2/c17-10-15(13-7-4-8-18-11-13)14(9-16(19)20)12-5-2-1-3-6-12/h1-8,11,14-15H,9H2,(H,19,20). The second kappa shape index (κ2) is 6.48. The van der Waals surface area contributed by atoms with Crippen LogP contribution in [0.5, 0.6) is 0 Å². The molecule has 1 aromatic carbocycles. The third-order valence-electron chi connectivity index (χ3n) is 3.21. The van der Waals surface area contributed by atoms with Gasteiger partial charge in [0.2, 0.25) is 0 Å². The van der Waals surface area contributed by atoms with E-state index in [0.29, 0.717) is 0 Å². The van der Waals surface area contributed by atoms with E-state index in [1.54, 1.807) is 24.5 Å². The Hall–Kier alpha value is -2.67. The molecule has 1 aromatic heterocycles. The lowest BCUT2D eigenvalue weighted by atomic mass is 9.81. The molecule has 0 saturated heterocycles. The quantitative estimate of drug-likeness (QED) is 0.902. The van der Waals surface area contributed by atoms with E-state index in [0.717, 1.165) is 11.1 Å². The van der Waals surface area contributed by atoms with Crippen LogP contribution in [0.1, 0.15) is 29.4 Å². The predicted octanol–water partition coefficient (Wildman–Crippen LogP) is 2.95. The fourth-order valence-corrected chi connectivity index (χ4v) is 2.27. The van der Waals surface area contributed by atoms with Gasteiger partial charge in [0.05, 0.1) is 18.4 Å². The van der Waals surface area contributed by atoms with Crippen LogP contribution in [0.15, 0.2) is 54.9 Å². The number of rotatable bonds is 5. The van der Waals surface area contributed by atoms with Crippen LogP contribution < -0.4 is 0 Å². The molecule has 0 saturated carbocycles. The van der Waals surface area contributed by atoms with Crippen molar-refractivity contribution in [2.45, 2.75) is 18.3 Å². The van der Waals surface area contributed by atoms with Gasteiger partial charge in [0.25, 0.3) is 0 Å². The molecule has 0 amide bonds. The van der Waals surface area contributed by atoms with Crippen molar-refractivity contribution in [3.8, 4) is 6.07 Å². The Morgan fingerprint density at radius 2 is 1.90 bits per heavy atom. The molecule has 0 radical (unpaired) electrons. The summed E-state index contributed by atoms with van der Waals surface area (Å²) in [4.78, 5) is 15.1. The summed E-state index contributed by atoms with van der Waals surface area (Å²) in [6.07, 6.45) is 3.16. The van der Waals surface area contributed by atoms with Crippen LogP contribution >= 0.6 is 0 Å². The maximum atomic E-state index is 11.1. The number of aliphatic carboxylic acids is 1. The maximum absolute atomic E-state index is 11.1. The summed E-state index contributed by atoms with van der Waals surface area (Å²) in [6, 6.07) is 15.1. The third kappa shape index (κ3) is 3.21. The van der Waals surface area contributed by atoms with Crippen molar-refractivity contribution in [3.63, 3.8) is 0 Å². The Balaban J connectivity index is 2.40. The van der Waals surface area contributed by atoms with Crippen molar-refractivity contribution in [2.24, 2.45) is 0 Å². The Bertz CT molecular complexity index is 605. The molecule has 2 unspecified atom stereocenters. The minimum atomic E-state index is -0.914. The zero-order valence-corrected chi connectivity index (χ0v) is 10.8. The van der Waals surface area contributed by atoms with Crippen LogP contribution in [0.25, 0.3) is 0 Å². The number of nitriles is 1. The van der Waals surface area contributed by atoms with Crippen molar-refractivity contribution in [1.82, 2.24) is 4.98 Å². The third-order valence-corrected chi connectivity index (χ3v) is 3.21. The fourth-order valence-electron chi connectivity index (χ4n) is 2.27. The van der Waals surface area contributed by atoms with Crippen LogP contribution in [-0.2, 0) is 4.79 Å². The first kappa shape index (κ1) is 13.8. The summed E-state index contributed by atoms with van der Waals surface area (Å²) < 4.78 is 0. The lowest BCUT2D eigenvalue weighted by molar-refractivity contribution is -0.137. The minimum absolute atomic E-state index is 0.0862. The van der Waals surface area contributed by atoms with Gasteiger partial charge in [-0.2, -0.15) is 5.26 Å². The van der Waals surface area contributed by atoms with E-state index in [4.69, 9.17) is 5.11 Å². The summed E-state index contributed by atoms with van der Waals surface area (Å²) in [5.74, 6) is -1.83. The molecular formula is C16H14N2O2. The highest BCUT2D eigenvalue weighted by Crippen LogP contribution is 2.34. The van der Waals surface area contributed by atoms with Gasteiger partial charge >= 0.3 is 5.97 Å². The molecule has 0 fully saturated rings. The van der Waals surface area contributed by atoms with E-state index in [9.17, 15) is 10.1 Å². The zero-order chi connectivity index (χ0) is 14.4. The summed E-state index contributed by atoms with van der Waals surface area (Å²) in [7, 11) is 0. The largest absolute Gasteiger partial charge is 0.481 e. The van der Waals surface area contributed by atoms with Crippen LogP contribution in [0.4, 0.5) is 0 Å². The number of benzene rings is 1. The number of carbonyl (C=O) groups is 1. The van der Waals surface area contributed by atoms with E-state index in [1.165, 1.54) is 0 Å². The van der Waals surface area contributed by atoms with Gasteiger partial charge in [0.15, 0.2) is 0 Å². The Morgan fingerprint density at radius 3 is 2.45 bits per heavy atom. The average Bonchev–Trinajstić information content (AvgIpc) is 2.49. The Kier molecular flexibility index (Phi) is 4.46. The molecule has 2 aromatic rings. The lowest BCUT2D eigenvalue weighted by Gasteiger charge is -2.21. The summed E-state index contributed by atoms with van der Waals surface area (Å²) in [5, 5.41) is 18.6. The molecule has 2 atom stereocenters.